The molecule has 3 nitrogen and oxygen atoms in total. The number of aromatic nitrogens is 2. The van der Waals surface area contributed by atoms with Gasteiger partial charge in [0.1, 0.15) is 11.7 Å². The molecule has 2 heterocycles. The Balaban J connectivity index is 2.18. The minimum Gasteiger partial charge on any atom is -0.339 e. The molecule has 0 saturated carbocycles. The van der Waals surface area contributed by atoms with Crippen molar-refractivity contribution in [1.82, 2.24) is 9.55 Å². The normalized spacial score (nSPS) is 19.8. The molecular formula is C14H17F2N3. The van der Waals surface area contributed by atoms with E-state index in [0.717, 1.165) is 5.52 Å². The number of fused-ring (bicyclic) bond motifs is 1. The molecule has 0 amide bonds. The van der Waals surface area contributed by atoms with Gasteiger partial charge in [-0.3, -0.25) is 0 Å². The van der Waals surface area contributed by atoms with E-state index in [1.807, 2.05) is 29.4 Å². The first-order valence-electron chi connectivity index (χ1n) is 6.63. The molecule has 0 spiro atoms. The van der Waals surface area contributed by atoms with Gasteiger partial charge >= 0.3 is 0 Å². The average Bonchev–Trinajstić information content (AvgIpc) is 2.93. The summed E-state index contributed by atoms with van der Waals surface area (Å²) in [6.45, 7) is 5.04. The lowest BCUT2D eigenvalue weighted by Gasteiger charge is -2.20. The molecule has 0 bridgehead atoms. The number of benzene rings is 1. The van der Waals surface area contributed by atoms with E-state index < -0.39 is 6.17 Å². The Morgan fingerprint density at radius 2 is 2.16 bits per heavy atom. The minimum absolute atomic E-state index is 0.153. The Kier molecular flexibility index (Phi) is 2.92. The van der Waals surface area contributed by atoms with Crippen molar-refractivity contribution in [2.75, 3.05) is 18.0 Å². The SMILES string of the molecule is CC(C)n1c(N2CC[C@@H](F)C2)nc2c(F)cccc21. The molecule has 1 aliphatic heterocycles. The van der Waals surface area contributed by atoms with E-state index in [0.29, 0.717) is 31.0 Å². The molecule has 102 valence electrons. The Bertz CT molecular complexity index is 606. The van der Waals surface area contributed by atoms with Gasteiger partial charge in [-0.25, -0.2) is 13.8 Å². The molecule has 0 N–H and O–H groups in total. The van der Waals surface area contributed by atoms with Gasteiger partial charge in [0, 0.05) is 12.6 Å². The third-order valence-electron chi connectivity index (χ3n) is 3.58. The van der Waals surface area contributed by atoms with Crippen molar-refractivity contribution in [3.8, 4) is 0 Å². The molecule has 1 aromatic carbocycles. The smallest absolute Gasteiger partial charge is 0.206 e. The van der Waals surface area contributed by atoms with E-state index >= 15 is 0 Å². The summed E-state index contributed by atoms with van der Waals surface area (Å²) in [6, 6.07) is 5.11. The van der Waals surface area contributed by atoms with E-state index in [4.69, 9.17) is 0 Å². The molecule has 1 aliphatic rings. The zero-order valence-corrected chi connectivity index (χ0v) is 11.1. The topological polar surface area (TPSA) is 21.1 Å². The highest BCUT2D eigenvalue weighted by atomic mass is 19.1. The molecule has 1 atom stereocenters. The van der Waals surface area contributed by atoms with Crippen molar-refractivity contribution in [2.24, 2.45) is 0 Å². The summed E-state index contributed by atoms with van der Waals surface area (Å²) in [5.41, 5.74) is 1.14. The summed E-state index contributed by atoms with van der Waals surface area (Å²) in [7, 11) is 0. The first-order valence-corrected chi connectivity index (χ1v) is 6.63. The van der Waals surface area contributed by atoms with Crippen LogP contribution in [0.5, 0.6) is 0 Å². The third-order valence-corrected chi connectivity index (χ3v) is 3.58. The molecule has 1 saturated heterocycles. The van der Waals surface area contributed by atoms with Gasteiger partial charge in [-0.2, -0.15) is 0 Å². The molecule has 1 fully saturated rings. The molecule has 0 radical (unpaired) electrons. The molecule has 3 rings (SSSR count). The van der Waals surface area contributed by atoms with Crippen LogP contribution in [0.1, 0.15) is 26.3 Å². The fraction of sp³-hybridized carbons (Fsp3) is 0.500. The van der Waals surface area contributed by atoms with Crippen molar-refractivity contribution in [1.29, 1.82) is 0 Å². The Morgan fingerprint density at radius 1 is 1.37 bits per heavy atom. The van der Waals surface area contributed by atoms with Crippen LogP contribution in [0.15, 0.2) is 18.2 Å². The highest BCUT2D eigenvalue weighted by Crippen LogP contribution is 2.30. The van der Waals surface area contributed by atoms with Gasteiger partial charge in [-0.15, -0.1) is 0 Å². The molecule has 2 aromatic rings. The predicted molar refractivity (Wildman–Crippen MR) is 71.8 cm³/mol. The van der Waals surface area contributed by atoms with Crippen LogP contribution >= 0.6 is 0 Å². The lowest BCUT2D eigenvalue weighted by atomic mass is 10.3. The molecular weight excluding hydrogens is 248 g/mol. The fourth-order valence-electron chi connectivity index (χ4n) is 2.70. The highest BCUT2D eigenvalue weighted by molar-refractivity contribution is 5.79. The summed E-state index contributed by atoms with van der Waals surface area (Å²) in [5, 5.41) is 0. The third kappa shape index (κ3) is 1.97. The number of imidazole rings is 1. The highest BCUT2D eigenvalue weighted by Gasteiger charge is 2.27. The lowest BCUT2D eigenvalue weighted by molar-refractivity contribution is 0.364. The minimum atomic E-state index is -0.815. The second-order valence-corrected chi connectivity index (χ2v) is 5.32. The van der Waals surface area contributed by atoms with Crippen molar-refractivity contribution < 1.29 is 8.78 Å². The standard InChI is InChI=1S/C14H17F2N3/c1-9(2)19-12-5-3-4-11(16)13(12)17-14(19)18-7-6-10(15)8-18/h3-5,9-10H,6-8H2,1-2H3/t10-/m1/s1. The van der Waals surface area contributed by atoms with E-state index in [2.05, 4.69) is 4.98 Å². The van der Waals surface area contributed by atoms with Crippen LogP contribution in [0, 0.1) is 5.82 Å². The molecule has 19 heavy (non-hydrogen) atoms. The number of hydrogen-bond donors (Lipinski definition) is 0. The van der Waals surface area contributed by atoms with Crippen LogP contribution < -0.4 is 4.90 Å². The zero-order valence-electron chi connectivity index (χ0n) is 11.1. The van der Waals surface area contributed by atoms with Gasteiger partial charge < -0.3 is 9.47 Å². The fourth-order valence-corrected chi connectivity index (χ4v) is 2.70. The maximum Gasteiger partial charge on any atom is 0.206 e. The van der Waals surface area contributed by atoms with Crippen molar-refractivity contribution in [3.63, 3.8) is 0 Å². The second kappa shape index (κ2) is 4.47. The molecule has 0 unspecified atom stereocenters. The second-order valence-electron chi connectivity index (χ2n) is 5.32. The Morgan fingerprint density at radius 3 is 2.79 bits per heavy atom. The zero-order chi connectivity index (χ0) is 13.6. The number of nitrogens with zero attached hydrogens (tertiary/aromatic N) is 3. The lowest BCUT2D eigenvalue weighted by Crippen LogP contribution is -2.24. The number of para-hydroxylation sites is 1. The number of anilines is 1. The molecule has 0 aliphatic carbocycles. The molecule has 1 aromatic heterocycles. The quantitative estimate of drug-likeness (QED) is 0.830. The first-order chi connectivity index (χ1) is 9.08. The van der Waals surface area contributed by atoms with Gasteiger partial charge in [0.05, 0.1) is 12.1 Å². The van der Waals surface area contributed by atoms with Crippen LogP contribution in [0.2, 0.25) is 0 Å². The van der Waals surface area contributed by atoms with Crippen LogP contribution in [0.4, 0.5) is 14.7 Å². The maximum atomic E-state index is 13.8. The first kappa shape index (κ1) is 12.4. The molecule has 5 heteroatoms. The average molecular weight is 265 g/mol. The Hall–Kier alpha value is -1.65. The van der Waals surface area contributed by atoms with E-state index in [-0.39, 0.29) is 11.9 Å². The van der Waals surface area contributed by atoms with Gasteiger partial charge in [0.15, 0.2) is 5.82 Å². The number of hydrogen-bond acceptors (Lipinski definition) is 2. The number of halogens is 2. The van der Waals surface area contributed by atoms with E-state index in [1.165, 1.54) is 6.07 Å². The van der Waals surface area contributed by atoms with Crippen LogP contribution in [0.3, 0.4) is 0 Å². The van der Waals surface area contributed by atoms with Crippen LogP contribution in [0.25, 0.3) is 11.0 Å². The monoisotopic (exact) mass is 265 g/mol. The number of rotatable bonds is 2. The van der Waals surface area contributed by atoms with Gasteiger partial charge in [-0.1, -0.05) is 6.07 Å². The van der Waals surface area contributed by atoms with Crippen molar-refractivity contribution in [2.45, 2.75) is 32.5 Å². The maximum absolute atomic E-state index is 13.8. The van der Waals surface area contributed by atoms with Crippen molar-refractivity contribution >= 4 is 17.0 Å². The number of alkyl halides is 1. The van der Waals surface area contributed by atoms with E-state index in [1.54, 1.807) is 6.07 Å². The summed E-state index contributed by atoms with van der Waals surface area (Å²) < 4.78 is 29.2. The summed E-state index contributed by atoms with van der Waals surface area (Å²) in [4.78, 5) is 6.30. The Labute approximate surface area is 110 Å². The summed E-state index contributed by atoms with van der Waals surface area (Å²) in [5.74, 6) is 0.351. The van der Waals surface area contributed by atoms with Crippen LogP contribution in [-0.4, -0.2) is 28.8 Å². The largest absolute Gasteiger partial charge is 0.339 e. The van der Waals surface area contributed by atoms with Gasteiger partial charge in [-0.05, 0) is 32.4 Å². The predicted octanol–water partition coefficient (Wildman–Crippen LogP) is 3.30. The van der Waals surface area contributed by atoms with Gasteiger partial charge in [0.25, 0.3) is 0 Å². The van der Waals surface area contributed by atoms with Crippen LogP contribution in [-0.2, 0) is 0 Å². The van der Waals surface area contributed by atoms with Gasteiger partial charge in [0.2, 0.25) is 5.95 Å². The van der Waals surface area contributed by atoms with Crippen molar-refractivity contribution in [3.05, 3.63) is 24.0 Å². The summed E-state index contributed by atoms with van der Waals surface area (Å²) >= 11 is 0. The van der Waals surface area contributed by atoms with E-state index in [9.17, 15) is 8.78 Å². The summed E-state index contributed by atoms with van der Waals surface area (Å²) in [6.07, 6.45) is -0.297.